The highest BCUT2D eigenvalue weighted by Gasteiger charge is 2.25. The Balaban J connectivity index is 0.00000220. The fourth-order valence-electron chi connectivity index (χ4n) is 2.41. The molecule has 1 aromatic rings. The van der Waals surface area contributed by atoms with E-state index in [0.29, 0.717) is 5.56 Å². The van der Waals surface area contributed by atoms with Crippen LogP contribution in [0.3, 0.4) is 0 Å². The van der Waals surface area contributed by atoms with E-state index in [1.165, 1.54) is 12.1 Å². The van der Waals surface area contributed by atoms with E-state index >= 15 is 0 Å². The molecule has 2 rings (SSSR count). The van der Waals surface area contributed by atoms with Gasteiger partial charge in [-0.15, -0.1) is 24.8 Å². The summed E-state index contributed by atoms with van der Waals surface area (Å²) in [4.78, 5) is 12.2. The Morgan fingerprint density at radius 1 is 1.41 bits per heavy atom. The van der Waals surface area contributed by atoms with Crippen molar-refractivity contribution in [3.8, 4) is 6.07 Å². The molecule has 1 heterocycles. The van der Waals surface area contributed by atoms with E-state index in [0.717, 1.165) is 32.2 Å². The number of nitrogens with one attached hydrogen (secondary N) is 1. The van der Waals surface area contributed by atoms with Crippen LogP contribution in [0.5, 0.6) is 0 Å². The molecule has 0 aromatic heterocycles. The summed E-state index contributed by atoms with van der Waals surface area (Å²) in [6.45, 7) is 3.14. The lowest BCUT2D eigenvalue weighted by Gasteiger charge is -2.34. The van der Waals surface area contributed by atoms with Crippen LogP contribution in [0, 0.1) is 27.3 Å². The third-order valence-electron chi connectivity index (χ3n) is 3.43. The molecule has 1 aromatic carbocycles. The van der Waals surface area contributed by atoms with E-state index in [9.17, 15) is 14.5 Å². The van der Waals surface area contributed by atoms with Gasteiger partial charge in [0.25, 0.3) is 0 Å². The first kappa shape index (κ1) is 20.5. The number of rotatable bonds is 4. The second-order valence-corrected chi connectivity index (χ2v) is 4.63. The van der Waals surface area contributed by atoms with E-state index in [-0.39, 0.29) is 37.3 Å². The van der Waals surface area contributed by atoms with Gasteiger partial charge in [-0.3, -0.25) is 15.0 Å². The molecule has 1 aliphatic rings. The predicted octanol–water partition coefficient (Wildman–Crippen LogP) is 2.44. The maximum Gasteiger partial charge on any atom is 0.305 e. The molecule has 1 aliphatic heterocycles. The number of nitrogens with zero attached hydrogens (tertiary/aromatic N) is 3. The van der Waals surface area contributed by atoms with Crippen LogP contribution in [0.1, 0.15) is 18.0 Å². The molecule has 1 saturated heterocycles. The Hall–Kier alpha value is -1.46. The Kier molecular flexibility index (Phi) is 8.90. The number of nitro groups is 1. The minimum atomic E-state index is -0.852. The second-order valence-electron chi connectivity index (χ2n) is 4.63. The lowest BCUT2D eigenvalue weighted by atomic mass is 10.0. The standard InChI is InChI=1S/C13H15FN4O2.2ClH/c14-11-2-1-10(9-13(11)18(19)20)12(3-4-15)17-7-5-16-6-8-17;;/h1-2,9,12,16H,3,5-8H2;2*1H/t12-;;/m1../s1. The molecule has 0 amide bonds. The first-order valence-corrected chi connectivity index (χ1v) is 6.39. The van der Waals surface area contributed by atoms with Crippen molar-refractivity contribution in [3.63, 3.8) is 0 Å². The van der Waals surface area contributed by atoms with Gasteiger partial charge < -0.3 is 5.32 Å². The molecular formula is C13H17Cl2FN4O2. The molecule has 1 N–H and O–H groups in total. The first-order chi connectivity index (χ1) is 9.63. The molecule has 0 radical (unpaired) electrons. The zero-order chi connectivity index (χ0) is 14.5. The summed E-state index contributed by atoms with van der Waals surface area (Å²) in [6.07, 6.45) is 0.225. The Morgan fingerprint density at radius 2 is 2.05 bits per heavy atom. The normalized spacial score (nSPS) is 15.8. The van der Waals surface area contributed by atoms with Crippen molar-refractivity contribution in [1.29, 1.82) is 5.26 Å². The lowest BCUT2D eigenvalue weighted by molar-refractivity contribution is -0.387. The Labute approximate surface area is 140 Å². The second kappa shape index (κ2) is 9.54. The van der Waals surface area contributed by atoms with E-state index in [2.05, 4.69) is 16.3 Å². The minimum absolute atomic E-state index is 0. The van der Waals surface area contributed by atoms with Gasteiger partial charge in [-0.1, -0.05) is 6.07 Å². The summed E-state index contributed by atoms with van der Waals surface area (Å²) in [6, 6.07) is 5.72. The van der Waals surface area contributed by atoms with Crippen molar-refractivity contribution in [2.75, 3.05) is 26.2 Å². The van der Waals surface area contributed by atoms with Crippen molar-refractivity contribution < 1.29 is 9.31 Å². The van der Waals surface area contributed by atoms with Crippen LogP contribution in [-0.4, -0.2) is 36.0 Å². The molecule has 122 valence electrons. The van der Waals surface area contributed by atoms with Gasteiger partial charge >= 0.3 is 5.69 Å². The maximum absolute atomic E-state index is 13.4. The van der Waals surface area contributed by atoms with Crippen LogP contribution in [-0.2, 0) is 0 Å². The number of nitriles is 1. The van der Waals surface area contributed by atoms with Crippen molar-refractivity contribution in [3.05, 3.63) is 39.7 Å². The van der Waals surface area contributed by atoms with Gasteiger partial charge in [-0.05, 0) is 11.6 Å². The van der Waals surface area contributed by atoms with Crippen molar-refractivity contribution in [1.82, 2.24) is 10.2 Å². The molecule has 6 nitrogen and oxygen atoms in total. The van der Waals surface area contributed by atoms with Gasteiger partial charge in [0.2, 0.25) is 5.82 Å². The summed E-state index contributed by atoms with van der Waals surface area (Å²) in [5.41, 5.74) is 0.0714. The van der Waals surface area contributed by atoms with Crippen LogP contribution < -0.4 is 5.32 Å². The van der Waals surface area contributed by atoms with E-state index < -0.39 is 16.4 Å². The smallest absolute Gasteiger partial charge is 0.305 e. The van der Waals surface area contributed by atoms with Crippen molar-refractivity contribution >= 4 is 30.5 Å². The summed E-state index contributed by atoms with van der Waals surface area (Å²) in [5.74, 6) is -0.852. The van der Waals surface area contributed by atoms with Gasteiger partial charge in [0.05, 0.1) is 17.4 Å². The van der Waals surface area contributed by atoms with Crippen LogP contribution >= 0.6 is 24.8 Å². The SMILES string of the molecule is Cl.Cl.N#CC[C@H](c1ccc(F)c([N+](=O)[O-])c1)N1CCNCC1. The lowest BCUT2D eigenvalue weighted by Crippen LogP contribution is -2.45. The van der Waals surface area contributed by atoms with Gasteiger partial charge in [0.15, 0.2) is 0 Å². The number of benzene rings is 1. The van der Waals surface area contributed by atoms with Gasteiger partial charge in [-0.2, -0.15) is 9.65 Å². The summed E-state index contributed by atoms with van der Waals surface area (Å²) < 4.78 is 13.4. The third-order valence-corrected chi connectivity index (χ3v) is 3.43. The first-order valence-electron chi connectivity index (χ1n) is 6.39. The number of hydrogen-bond acceptors (Lipinski definition) is 5. The number of nitro benzene ring substituents is 1. The monoisotopic (exact) mass is 350 g/mol. The maximum atomic E-state index is 13.4. The zero-order valence-electron chi connectivity index (χ0n) is 11.7. The topological polar surface area (TPSA) is 82.2 Å². The summed E-state index contributed by atoms with van der Waals surface area (Å²) in [7, 11) is 0. The highest BCUT2D eigenvalue weighted by atomic mass is 35.5. The van der Waals surface area contributed by atoms with E-state index in [1.54, 1.807) is 0 Å². The summed E-state index contributed by atoms with van der Waals surface area (Å²) >= 11 is 0. The zero-order valence-corrected chi connectivity index (χ0v) is 13.3. The molecule has 0 aliphatic carbocycles. The van der Waals surface area contributed by atoms with Crippen LogP contribution in [0.4, 0.5) is 10.1 Å². The molecule has 9 heteroatoms. The molecule has 1 atom stereocenters. The largest absolute Gasteiger partial charge is 0.314 e. The summed E-state index contributed by atoms with van der Waals surface area (Å²) in [5, 5.41) is 23.0. The fraction of sp³-hybridized carbons (Fsp3) is 0.462. The molecule has 0 bridgehead atoms. The number of hydrogen-bond donors (Lipinski definition) is 1. The van der Waals surface area contributed by atoms with Crippen molar-refractivity contribution in [2.45, 2.75) is 12.5 Å². The van der Waals surface area contributed by atoms with Crippen LogP contribution in [0.25, 0.3) is 0 Å². The molecule has 22 heavy (non-hydrogen) atoms. The third kappa shape index (κ3) is 4.78. The van der Waals surface area contributed by atoms with E-state index in [4.69, 9.17) is 5.26 Å². The highest BCUT2D eigenvalue weighted by Crippen LogP contribution is 2.28. The average molecular weight is 351 g/mol. The molecule has 0 saturated carbocycles. The quantitative estimate of drug-likeness (QED) is 0.666. The molecule has 1 fully saturated rings. The van der Waals surface area contributed by atoms with E-state index in [1.807, 2.05) is 0 Å². The Bertz CT molecular complexity index is 547. The predicted molar refractivity (Wildman–Crippen MR) is 85.0 cm³/mol. The Morgan fingerprint density at radius 3 is 2.59 bits per heavy atom. The van der Waals surface area contributed by atoms with Gasteiger partial charge in [-0.25, -0.2) is 0 Å². The number of piperazine rings is 1. The fourth-order valence-corrected chi connectivity index (χ4v) is 2.41. The van der Waals surface area contributed by atoms with Crippen LogP contribution in [0.15, 0.2) is 18.2 Å². The van der Waals surface area contributed by atoms with Crippen LogP contribution in [0.2, 0.25) is 0 Å². The van der Waals surface area contributed by atoms with Gasteiger partial charge in [0, 0.05) is 38.3 Å². The highest BCUT2D eigenvalue weighted by molar-refractivity contribution is 5.85. The number of halogens is 3. The van der Waals surface area contributed by atoms with Crippen molar-refractivity contribution in [2.24, 2.45) is 0 Å². The molecule has 0 spiro atoms. The molecule has 0 unspecified atom stereocenters. The molecular weight excluding hydrogens is 334 g/mol. The average Bonchev–Trinajstić information content (AvgIpc) is 2.46. The van der Waals surface area contributed by atoms with Gasteiger partial charge in [0.1, 0.15) is 0 Å². The minimum Gasteiger partial charge on any atom is -0.314 e.